The van der Waals surface area contributed by atoms with E-state index < -0.39 is 0 Å². The van der Waals surface area contributed by atoms with Crippen molar-refractivity contribution in [2.45, 2.75) is 33.7 Å². The molecule has 2 rings (SSSR count). The molecule has 0 fully saturated rings. The average Bonchev–Trinajstić information content (AvgIpc) is 2.64. The van der Waals surface area contributed by atoms with Gasteiger partial charge in [-0.15, -0.1) is 0 Å². The van der Waals surface area contributed by atoms with E-state index in [0.29, 0.717) is 12.0 Å². The van der Waals surface area contributed by atoms with Crippen molar-refractivity contribution >= 4 is 0 Å². The normalized spacial score (nSPS) is 18.7. The highest BCUT2D eigenvalue weighted by atomic mass is 16.5. The second kappa shape index (κ2) is 4.46. The zero-order chi connectivity index (χ0) is 11.7. The van der Waals surface area contributed by atoms with Gasteiger partial charge in [0.2, 0.25) is 0 Å². The summed E-state index contributed by atoms with van der Waals surface area (Å²) in [5.74, 6) is 1.77. The maximum Gasteiger partial charge on any atom is 0.127 e. The predicted molar refractivity (Wildman–Crippen MR) is 67.0 cm³/mol. The summed E-state index contributed by atoms with van der Waals surface area (Å²) in [5.41, 5.74) is 3.92. The van der Waals surface area contributed by atoms with Gasteiger partial charge in [-0.1, -0.05) is 26.0 Å². The third kappa shape index (κ3) is 2.07. The molecule has 2 nitrogen and oxygen atoms in total. The number of ether oxygens (including phenoxy) is 1. The summed E-state index contributed by atoms with van der Waals surface area (Å²) >= 11 is 0. The quantitative estimate of drug-likeness (QED) is 0.844. The van der Waals surface area contributed by atoms with Crippen molar-refractivity contribution in [3.63, 3.8) is 0 Å². The Morgan fingerprint density at radius 1 is 1.38 bits per heavy atom. The topological polar surface area (TPSA) is 21.3 Å². The van der Waals surface area contributed by atoms with Crippen molar-refractivity contribution in [3.8, 4) is 5.75 Å². The van der Waals surface area contributed by atoms with E-state index in [0.717, 1.165) is 18.9 Å². The van der Waals surface area contributed by atoms with Gasteiger partial charge in [0, 0.05) is 5.56 Å². The van der Waals surface area contributed by atoms with Crippen molar-refractivity contribution in [2.75, 3.05) is 13.2 Å². The number of benzene rings is 1. The number of rotatable bonds is 3. The highest BCUT2D eigenvalue weighted by Gasteiger charge is 2.25. The van der Waals surface area contributed by atoms with Gasteiger partial charge in [-0.05, 0) is 37.4 Å². The summed E-state index contributed by atoms with van der Waals surface area (Å²) in [5, 5.41) is 3.56. The molecule has 1 unspecified atom stereocenters. The van der Waals surface area contributed by atoms with Crippen LogP contribution in [0.25, 0.3) is 0 Å². The van der Waals surface area contributed by atoms with Gasteiger partial charge in [0.1, 0.15) is 12.4 Å². The second-order valence-electron chi connectivity index (χ2n) is 5.09. The SMILES string of the molecule is Cc1ccc2c(c1C)OCC2NCC(C)C. The van der Waals surface area contributed by atoms with Gasteiger partial charge in [-0.3, -0.25) is 0 Å². The van der Waals surface area contributed by atoms with Crippen molar-refractivity contribution in [1.29, 1.82) is 0 Å². The number of hydrogen-bond acceptors (Lipinski definition) is 2. The van der Waals surface area contributed by atoms with Crippen LogP contribution in [-0.4, -0.2) is 13.2 Å². The fourth-order valence-corrected chi connectivity index (χ4v) is 2.08. The summed E-state index contributed by atoms with van der Waals surface area (Å²) in [4.78, 5) is 0. The Kier molecular flexibility index (Phi) is 3.20. The van der Waals surface area contributed by atoms with Gasteiger partial charge in [0.15, 0.2) is 0 Å². The molecule has 1 N–H and O–H groups in total. The van der Waals surface area contributed by atoms with Crippen LogP contribution in [0.1, 0.15) is 36.6 Å². The largest absolute Gasteiger partial charge is 0.491 e. The molecule has 1 atom stereocenters. The monoisotopic (exact) mass is 219 g/mol. The van der Waals surface area contributed by atoms with Crippen LogP contribution in [0.5, 0.6) is 5.75 Å². The first-order valence-corrected chi connectivity index (χ1v) is 6.06. The van der Waals surface area contributed by atoms with Gasteiger partial charge >= 0.3 is 0 Å². The lowest BCUT2D eigenvalue weighted by atomic mass is 10.0. The van der Waals surface area contributed by atoms with Crippen LogP contribution in [0, 0.1) is 19.8 Å². The standard InChI is InChI=1S/C14H21NO/c1-9(2)7-15-13-8-16-14-11(4)10(3)5-6-12(13)14/h5-6,9,13,15H,7-8H2,1-4H3. The zero-order valence-corrected chi connectivity index (χ0v) is 10.6. The third-order valence-corrected chi connectivity index (χ3v) is 3.25. The van der Waals surface area contributed by atoms with Gasteiger partial charge in [-0.2, -0.15) is 0 Å². The molecular formula is C14H21NO. The van der Waals surface area contributed by atoms with Crippen LogP contribution in [0.3, 0.4) is 0 Å². The fourth-order valence-electron chi connectivity index (χ4n) is 2.08. The first-order chi connectivity index (χ1) is 7.59. The van der Waals surface area contributed by atoms with Crippen LogP contribution in [0.2, 0.25) is 0 Å². The van der Waals surface area contributed by atoms with Crippen LogP contribution in [0.4, 0.5) is 0 Å². The lowest BCUT2D eigenvalue weighted by Crippen LogP contribution is -2.26. The molecule has 0 spiro atoms. The number of fused-ring (bicyclic) bond motifs is 1. The Hall–Kier alpha value is -1.02. The van der Waals surface area contributed by atoms with E-state index in [1.54, 1.807) is 0 Å². The van der Waals surface area contributed by atoms with E-state index in [1.165, 1.54) is 16.7 Å². The van der Waals surface area contributed by atoms with Crippen LogP contribution < -0.4 is 10.1 Å². The summed E-state index contributed by atoms with van der Waals surface area (Å²) in [6.45, 7) is 10.5. The second-order valence-corrected chi connectivity index (χ2v) is 5.09. The summed E-state index contributed by atoms with van der Waals surface area (Å²) < 4.78 is 5.79. The van der Waals surface area contributed by atoms with Crippen molar-refractivity contribution < 1.29 is 4.74 Å². The summed E-state index contributed by atoms with van der Waals surface area (Å²) in [6, 6.07) is 4.76. The van der Waals surface area contributed by atoms with Crippen molar-refractivity contribution in [1.82, 2.24) is 5.32 Å². The van der Waals surface area contributed by atoms with Crippen LogP contribution in [0.15, 0.2) is 12.1 Å². The molecular weight excluding hydrogens is 198 g/mol. The molecule has 1 heterocycles. The molecule has 0 amide bonds. The zero-order valence-electron chi connectivity index (χ0n) is 10.6. The van der Waals surface area contributed by atoms with E-state index in [4.69, 9.17) is 4.74 Å². The number of hydrogen-bond donors (Lipinski definition) is 1. The van der Waals surface area contributed by atoms with E-state index in [9.17, 15) is 0 Å². The molecule has 88 valence electrons. The Morgan fingerprint density at radius 2 is 2.12 bits per heavy atom. The lowest BCUT2D eigenvalue weighted by Gasteiger charge is -2.13. The number of aryl methyl sites for hydroxylation is 1. The Labute approximate surface area is 98.0 Å². The van der Waals surface area contributed by atoms with Gasteiger partial charge in [0.25, 0.3) is 0 Å². The molecule has 1 aliphatic heterocycles. The van der Waals surface area contributed by atoms with E-state index in [1.807, 2.05) is 0 Å². The maximum atomic E-state index is 5.79. The van der Waals surface area contributed by atoms with E-state index >= 15 is 0 Å². The maximum absolute atomic E-state index is 5.79. The Morgan fingerprint density at radius 3 is 2.81 bits per heavy atom. The minimum absolute atomic E-state index is 0.372. The van der Waals surface area contributed by atoms with Gasteiger partial charge in [-0.25, -0.2) is 0 Å². The van der Waals surface area contributed by atoms with Gasteiger partial charge < -0.3 is 10.1 Å². The molecule has 0 saturated carbocycles. The molecule has 0 radical (unpaired) electrons. The van der Waals surface area contributed by atoms with E-state index in [-0.39, 0.29) is 0 Å². The third-order valence-electron chi connectivity index (χ3n) is 3.25. The average molecular weight is 219 g/mol. The molecule has 0 bridgehead atoms. The first-order valence-electron chi connectivity index (χ1n) is 6.06. The molecule has 1 aliphatic rings. The fraction of sp³-hybridized carbons (Fsp3) is 0.571. The number of nitrogens with one attached hydrogen (secondary N) is 1. The Balaban J connectivity index is 2.17. The molecule has 1 aromatic rings. The molecule has 0 saturated heterocycles. The molecule has 0 aliphatic carbocycles. The first kappa shape index (κ1) is 11.5. The molecule has 16 heavy (non-hydrogen) atoms. The summed E-state index contributed by atoms with van der Waals surface area (Å²) in [6.07, 6.45) is 0. The predicted octanol–water partition coefficient (Wildman–Crippen LogP) is 2.98. The highest BCUT2D eigenvalue weighted by molar-refractivity contribution is 5.49. The molecule has 2 heteroatoms. The lowest BCUT2D eigenvalue weighted by molar-refractivity contribution is 0.305. The minimum Gasteiger partial charge on any atom is -0.491 e. The van der Waals surface area contributed by atoms with Crippen LogP contribution in [-0.2, 0) is 0 Å². The smallest absolute Gasteiger partial charge is 0.127 e. The van der Waals surface area contributed by atoms with Crippen LogP contribution >= 0.6 is 0 Å². The van der Waals surface area contributed by atoms with E-state index in [2.05, 4.69) is 45.1 Å². The molecule has 1 aromatic carbocycles. The molecule has 0 aromatic heterocycles. The van der Waals surface area contributed by atoms with Gasteiger partial charge in [0.05, 0.1) is 6.04 Å². The van der Waals surface area contributed by atoms with Crippen molar-refractivity contribution in [3.05, 3.63) is 28.8 Å². The summed E-state index contributed by atoms with van der Waals surface area (Å²) in [7, 11) is 0. The van der Waals surface area contributed by atoms with Crippen molar-refractivity contribution in [2.24, 2.45) is 5.92 Å². The minimum atomic E-state index is 0.372. The Bertz CT molecular complexity index is 385. The highest BCUT2D eigenvalue weighted by Crippen LogP contribution is 2.36.